The summed E-state index contributed by atoms with van der Waals surface area (Å²) in [5.74, 6) is -1.00. The summed E-state index contributed by atoms with van der Waals surface area (Å²) in [6.45, 7) is 20.7. The molecular formula is C46H93NO24. The molecule has 0 aliphatic rings. The lowest BCUT2D eigenvalue weighted by atomic mass is 10.6. The van der Waals surface area contributed by atoms with Crippen LogP contribution in [0.15, 0.2) is 0 Å². The molecule has 0 atom stereocenters. The Hall–Kier alpha value is -1.45. The topological polar surface area (TPSA) is 266 Å². The van der Waals surface area contributed by atoms with Crippen LogP contribution >= 0.6 is 0 Å². The summed E-state index contributed by atoms with van der Waals surface area (Å²) in [6.07, 6.45) is 0. The Balaban J connectivity index is 3.07. The predicted molar refractivity (Wildman–Crippen MR) is 255 cm³/mol. The summed E-state index contributed by atoms with van der Waals surface area (Å²) in [5.41, 5.74) is 5.34. The lowest BCUT2D eigenvalue weighted by Gasteiger charge is -2.09. The van der Waals surface area contributed by atoms with Crippen LogP contribution in [0.1, 0.15) is 0 Å². The molecule has 0 aromatic rings. The van der Waals surface area contributed by atoms with E-state index in [-0.39, 0.29) is 13.2 Å². The highest BCUT2D eigenvalue weighted by atomic mass is 16.6. The van der Waals surface area contributed by atoms with Crippen molar-refractivity contribution in [2.24, 2.45) is 5.73 Å². The maximum Gasteiger partial charge on any atom is 0.329 e. The number of nitrogens with two attached hydrogens (primary N) is 1. The summed E-state index contributed by atoms with van der Waals surface area (Å²) in [4.78, 5) is 10.3. The fourth-order valence-corrected chi connectivity index (χ4v) is 4.86. The molecular weight excluding hydrogens is 950 g/mol. The van der Waals surface area contributed by atoms with Crippen LogP contribution in [0, 0.1) is 0 Å². The van der Waals surface area contributed by atoms with Crippen molar-refractivity contribution < 1.29 is 114 Å². The number of rotatable bonds is 67. The van der Waals surface area contributed by atoms with E-state index in [9.17, 15) is 4.79 Å². The summed E-state index contributed by atoms with van der Waals surface area (Å²) >= 11 is 0. The van der Waals surface area contributed by atoms with Crippen LogP contribution in [-0.2, 0) is 109 Å². The van der Waals surface area contributed by atoms with E-state index in [0.717, 1.165) is 0 Å². The van der Waals surface area contributed by atoms with Gasteiger partial charge in [-0.1, -0.05) is 0 Å². The standard InChI is InChI=1S/C46H93NO24/c47-1-2-50-3-4-51-5-6-52-7-8-53-9-10-54-11-12-55-13-14-56-15-16-57-17-18-58-19-20-59-21-22-60-23-24-61-25-26-62-27-28-63-29-30-64-31-32-65-33-34-66-35-36-67-37-38-68-39-40-69-41-42-70-43-44-71-45-46(48)49/h1-45,47H2,(H,48,49). The molecule has 0 aromatic carbocycles. The molecule has 0 bridgehead atoms. The molecule has 0 aliphatic heterocycles. The Morgan fingerprint density at radius 3 is 0.394 bits per heavy atom. The Morgan fingerprint density at radius 1 is 0.197 bits per heavy atom. The second-order valence-electron chi connectivity index (χ2n) is 14.1. The van der Waals surface area contributed by atoms with E-state index in [4.69, 9.17) is 115 Å². The third kappa shape index (κ3) is 68.5. The third-order valence-electron chi connectivity index (χ3n) is 8.30. The van der Waals surface area contributed by atoms with E-state index in [2.05, 4.69) is 0 Å². The van der Waals surface area contributed by atoms with Crippen molar-refractivity contribution in [2.45, 2.75) is 0 Å². The van der Waals surface area contributed by atoms with Crippen molar-refractivity contribution in [3.05, 3.63) is 0 Å². The highest BCUT2D eigenvalue weighted by Crippen LogP contribution is 1.90. The average Bonchev–Trinajstić information content (AvgIpc) is 3.37. The lowest BCUT2D eigenvalue weighted by molar-refractivity contribution is -0.142. The normalized spacial score (nSPS) is 11.7. The van der Waals surface area contributed by atoms with Gasteiger partial charge in [0.15, 0.2) is 0 Å². The SMILES string of the molecule is NCCOCCOCCOCCOCCOCCOCCOCCOCCOCCOCCOCCOCCOCCOCCOCCOCCOCCOCCOCCOCCOCCOCC(=O)O. The minimum atomic E-state index is -1.00. The summed E-state index contributed by atoms with van der Waals surface area (Å²) in [5, 5.41) is 8.45. The van der Waals surface area contributed by atoms with Crippen molar-refractivity contribution >= 4 is 5.97 Å². The molecule has 0 saturated carbocycles. The minimum absolute atomic E-state index is 0.234. The van der Waals surface area contributed by atoms with E-state index < -0.39 is 5.97 Å². The van der Waals surface area contributed by atoms with Gasteiger partial charge < -0.3 is 115 Å². The van der Waals surface area contributed by atoms with Gasteiger partial charge in [0.2, 0.25) is 0 Å². The van der Waals surface area contributed by atoms with Crippen LogP contribution in [0.25, 0.3) is 0 Å². The minimum Gasteiger partial charge on any atom is -0.480 e. The molecule has 3 N–H and O–H groups in total. The first kappa shape index (κ1) is 69.5. The quantitative estimate of drug-likeness (QED) is 0.0720. The second kappa shape index (κ2) is 66.6. The number of hydrogen-bond acceptors (Lipinski definition) is 24. The van der Waals surface area contributed by atoms with Crippen LogP contribution in [0.3, 0.4) is 0 Å². The predicted octanol–water partition coefficient (Wildman–Crippen LogP) is -0.605. The number of carbonyl (C=O) groups is 1. The highest BCUT2D eigenvalue weighted by molar-refractivity contribution is 5.67. The Kier molecular flexibility index (Phi) is 65.2. The van der Waals surface area contributed by atoms with Crippen LogP contribution < -0.4 is 5.73 Å². The van der Waals surface area contributed by atoms with E-state index >= 15 is 0 Å². The van der Waals surface area contributed by atoms with Crippen molar-refractivity contribution in [1.29, 1.82) is 0 Å². The lowest BCUT2D eigenvalue weighted by Crippen LogP contribution is -2.16. The molecule has 426 valence electrons. The first-order valence-corrected chi connectivity index (χ1v) is 24.9. The molecule has 0 spiro atoms. The van der Waals surface area contributed by atoms with Crippen molar-refractivity contribution in [1.82, 2.24) is 0 Å². The van der Waals surface area contributed by atoms with Crippen molar-refractivity contribution in [3.8, 4) is 0 Å². The maximum absolute atomic E-state index is 10.3. The van der Waals surface area contributed by atoms with E-state index in [0.29, 0.717) is 284 Å². The zero-order valence-corrected chi connectivity index (χ0v) is 42.7. The Bertz CT molecular complexity index is 972. The van der Waals surface area contributed by atoms with Gasteiger partial charge in [-0.2, -0.15) is 0 Å². The fourth-order valence-electron chi connectivity index (χ4n) is 4.86. The summed E-state index contributed by atoms with van der Waals surface area (Å²) in [7, 11) is 0. The molecule has 25 heteroatoms. The van der Waals surface area contributed by atoms with Gasteiger partial charge in [0, 0.05) is 6.54 Å². The summed E-state index contributed by atoms with van der Waals surface area (Å²) in [6, 6.07) is 0. The second-order valence-corrected chi connectivity index (χ2v) is 14.1. The molecule has 0 rings (SSSR count). The highest BCUT2D eigenvalue weighted by Gasteiger charge is 2.00. The smallest absolute Gasteiger partial charge is 0.329 e. The van der Waals surface area contributed by atoms with Crippen molar-refractivity contribution in [2.75, 3.05) is 297 Å². The first-order valence-electron chi connectivity index (χ1n) is 24.9. The van der Waals surface area contributed by atoms with E-state index in [1.54, 1.807) is 0 Å². The largest absolute Gasteiger partial charge is 0.480 e. The molecule has 71 heavy (non-hydrogen) atoms. The third-order valence-corrected chi connectivity index (χ3v) is 8.30. The molecule has 0 heterocycles. The zero-order valence-electron chi connectivity index (χ0n) is 42.7. The molecule has 0 amide bonds. The fraction of sp³-hybridized carbons (Fsp3) is 0.978. The van der Waals surface area contributed by atoms with Crippen LogP contribution in [0.4, 0.5) is 0 Å². The van der Waals surface area contributed by atoms with Crippen molar-refractivity contribution in [3.63, 3.8) is 0 Å². The van der Waals surface area contributed by atoms with Gasteiger partial charge in [-0.05, 0) is 0 Å². The monoisotopic (exact) mass is 1040 g/mol. The van der Waals surface area contributed by atoms with Gasteiger partial charge in [0.1, 0.15) is 6.61 Å². The maximum atomic E-state index is 10.3. The molecule has 0 radical (unpaired) electrons. The average molecular weight is 1040 g/mol. The molecule has 0 saturated heterocycles. The number of aliphatic carboxylic acids is 1. The zero-order chi connectivity index (χ0) is 51.0. The Morgan fingerprint density at radius 2 is 0.296 bits per heavy atom. The van der Waals surface area contributed by atoms with Gasteiger partial charge in [-0.15, -0.1) is 0 Å². The Labute approximate surface area is 422 Å². The van der Waals surface area contributed by atoms with Crippen LogP contribution in [-0.4, -0.2) is 308 Å². The van der Waals surface area contributed by atoms with Gasteiger partial charge in [-0.25, -0.2) is 4.79 Å². The molecule has 0 unspecified atom stereocenters. The van der Waals surface area contributed by atoms with E-state index in [1.165, 1.54) is 0 Å². The summed E-state index contributed by atoms with van der Waals surface area (Å²) < 4.78 is 119. The number of carboxylic acid groups (broad SMARTS) is 1. The van der Waals surface area contributed by atoms with Crippen LogP contribution in [0.2, 0.25) is 0 Å². The van der Waals surface area contributed by atoms with E-state index in [1.807, 2.05) is 0 Å². The molecule has 0 aliphatic carbocycles. The van der Waals surface area contributed by atoms with Gasteiger partial charge in [-0.3, -0.25) is 0 Å². The van der Waals surface area contributed by atoms with Gasteiger partial charge in [0.25, 0.3) is 0 Å². The number of ether oxygens (including phenoxy) is 22. The van der Waals surface area contributed by atoms with Gasteiger partial charge in [0.05, 0.1) is 284 Å². The number of hydrogen-bond donors (Lipinski definition) is 2. The van der Waals surface area contributed by atoms with Gasteiger partial charge >= 0.3 is 5.97 Å². The number of carboxylic acids is 1. The van der Waals surface area contributed by atoms with Crippen LogP contribution in [0.5, 0.6) is 0 Å². The molecule has 0 fully saturated rings. The first-order chi connectivity index (χ1) is 35.3. The molecule has 0 aromatic heterocycles. The molecule has 25 nitrogen and oxygen atoms in total.